The summed E-state index contributed by atoms with van der Waals surface area (Å²) in [4.78, 5) is 10.4. The number of rotatable bonds is 3. The highest BCUT2D eigenvalue weighted by molar-refractivity contribution is 5.66. The topological polar surface area (TPSA) is 57.5 Å². The van der Waals surface area contributed by atoms with E-state index < -0.39 is 5.97 Å². The Morgan fingerprint density at radius 1 is 1.69 bits per heavy atom. The smallest absolute Gasteiger partial charge is 0.303 e. The largest absolute Gasteiger partial charge is 0.481 e. The van der Waals surface area contributed by atoms with Crippen LogP contribution in [0.25, 0.3) is 0 Å². The molecule has 3 nitrogen and oxygen atoms in total. The molecule has 2 N–H and O–H groups in total. The molecule has 0 spiro atoms. The maximum absolute atomic E-state index is 10.4. The summed E-state index contributed by atoms with van der Waals surface area (Å²) in [5.41, 5.74) is -0.0301. The molecular formula is C10H16O3. The number of carboxylic acid groups (broad SMARTS) is 1. The molecular weight excluding hydrogens is 168 g/mol. The van der Waals surface area contributed by atoms with E-state index in [1.54, 1.807) is 6.08 Å². The Bertz CT molecular complexity index is 222. The second-order valence-corrected chi connectivity index (χ2v) is 4.01. The van der Waals surface area contributed by atoms with Crippen molar-refractivity contribution in [3.05, 3.63) is 12.2 Å². The van der Waals surface area contributed by atoms with Gasteiger partial charge in [-0.1, -0.05) is 19.1 Å². The highest BCUT2D eigenvalue weighted by Crippen LogP contribution is 2.34. The number of allylic oxidation sites excluding steroid dienone is 1. The first kappa shape index (κ1) is 10.3. The van der Waals surface area contributed by atoms with Crippen LogP contribution in [0.1, 0.15) is 32.6 Å². The van der Waals surface area contributed by atoms with Gasteiger partial charge in [0.2, 0.25) is 0 Å². The van der Waals surface area contributed by atoms with E-state index in [9.17, 15) is 9.90 Å². The number of carboxylic acids is 1. The zero-order valence-corrected chi connectivity index (χ0v) is 7.86. The third kappa shape index (κ3) is 3.19. The molecule has 0 saturated carbocycles. The molecule has 74 valence electrons. The van der Waals surface area contributed by atoms with Crippen molar-refractivity contribution >= 4 is 5.97 Å². The van der Waals surface area contributed by atoms with Crippen molar-refractivity contribution in [2.24, 2.45) is 5.41 Å². The molecule has 0 aromatic heterocycles. The fraction of sp³-hybridized carbons (Fsp3) is 0.700. The van der Waals surface area contributed by atoms with Crippen LogP contribution in [-0.2, 0) is 4.79 Å². The number of hydrogen-bond donors (Lipinski definition) is 2. The Hall–Kier alpha value is -0.830. The van der Waals surface area contributed by atoms with Crippen LogP contribution in [0.3, 0.4) is 0 Å². The van der Waals surface area contributed by atoms with Gasteiger partial charge in [-0.05, 0) is 24.7 Å². The molecule has 0 radical (unpaired) electrons. The lowest BCUT2D eigenvalue weighted by molar-refractivity contribution is -0.137. The molecule has 13 heavy (non-hydrogen) atoms. The summed E-state index contributed by atoms with van der Waals surface area (Å²) >= 11 is 0. The predicted molar refractivity (Wildman–Crippen MR) is 49.4 cm³/mol. The minimum Gasteiger partial charge on any atom is -0.481 e. The van der Waals surface area contributed by atoms with E-state index in [0.29, 0.717) is 6.42 Å². The Morgan fingerprint density at radius 3 is 2.85 bits per heavy atom. The number of hydrogen-bond acceptors (Lipinski definition) is 2. The SMILES string of the molecule is CC1(CCC(=O)O)C=CC(O)CC1. The van der Waals surface area contributed by atoms with Crippen molar-refractivity contribution < 1.29 is 15.0 Å². The number of aliphatic hydroxyl groups excluding tert-OH is 1. The normalized spacial score (nSPS) is 33.2. The standard InChI is InChI=1S/C10H16O3/c1-10(7-4-9(12)13)5-2-8(11)3-6-10/h2,5,8,11H,3-4,6-7H2,1H3,(H,12,13). The molecule has 0 heterocycles. The van der Waals surface area contributed by atoms with Crippen LogP contribution < -0.4 is 0 Å². The molecule has 1 aliphatic carbocycles. The molecule has 0 aliphatic heterocycles. The van der Waals surface area contributed by atoms with E-state index in [1.165, 1.54) is 0 Å². The van der Waals surface area contributed by atoms with Crippen molar-refractivity contribution in [2.45, 2.75) is 38.7 Å². The quantitative estimate of drug-likeness (QED) is 0.654. The van der Waals surface area contributed by atoms with Crippen LogP contribution >= 0.6 is 0 Å². The molecule has 1 rings (SSSR count). The van der Waals surface area contributed by atoms with Gasteiger partial charge in [0.15, 0.2) is 0 Å². The first-order chi connectivity index (χ1) is 6.02. The van der Waals surface area contributed by atoms with Crippen molar-refractivity contribution in [1.82, 2.24) is 0 Å². The fourth-order valence-electron chi connectivity index (χ4n) is 1.60. The molecule has 3 heteroatoms. The van der Waals surface area contributed by atoms with Crippen LogP contribution in [0.2, 0.25) is 0 Å². The van der Waals surface area contributed by atoms with Gasteiger partial charge in [0.05, 0.1) is 6.10 Å². The first-order valence-corrected chi connectivity index (χ1v) is 4.61. The van der Waals surface area contributed by atoms with E-state index in [2.05, 4.69) is 0 Å². The predicted octanol–water partition coefficient (Wildman–Crippen LogP) is 1.57. The second kappa shape index (κ2) is 3.92. The highest BCUT2D eigenvalue weighted by Gasteiger charge is 2.25. The van der Waals surface area contributed by atoms with Crippen LogP contribution in [0.4, 0.5) is 0 Å². The van der Waals surface area contributed by atoms with Crippen LogP contribution in [-0.4, -0.2) is 22.3 Å². The molecule has 0 aromatic rings. The van der Waals surface area contributed by atoms with Crippen LogP contribution in [0.15, 0.2) is 12.2 Å². The van der Waals surface area contributed by atoms with E-state index in [4.69, 9.17) is 5.11 Å². The fourth-order valence-corrected chi connectivity index (χ4v) is 1.60. The maximum atomic E-state index is 10.4. The summed E-state index contributed by atoms with van der Waals surface area (Å²) in [5, 5.41) is 17.8. The van der Waals surface area contributed by atoms with Gasteiger partial charge in [0.25, 0.3) is 0 Å². The van der Waals surface area contributed by atoms with Crippen molar-refractivity contribution in [2.75, 3.05) is 0 Å². The number of aliphatic hydroxyl groups is 1. The van der Waals surface area contributed by atoms with Gasteiger partial charge in [0, 0.05) is 6.42 Å². The van der Waals surface area contributed by atoms with Crippen molar-refractivity contribution in [3.63, 3.8) is 0 Å². The summed E-state index contributed by atoms with van der Waals surface area (Å²) < 4.78 is 0. The maximum Gasteiger partial charge on any atom is 0.303 e. The third-order valence-electron chi connectivity index (χ3n) is 2.64. The van der Waals surface area contributed by atoms with Gasteiger partial charge in [-0.15, -0.1) is 0 Å². The van der Waals surface area contributed by atoms with E-state index in [-0.39, 0.29) is 17.9 Å². The summed E-state index contributed by atoms with van der Waals surface area (Å²) in [6.45, 7) is 2.04. The minimum absolute atomic E-state index is 0.0301. The zero-order chi connectivity index (χ0) is 9.90. The average molecular weight is 184 g/mol. The Morgan fingerprint density at radius 2 is 2.38 bits per heavy atom. The van der Waals surface area contributed by atoms with Gasteiger partial charge >= 0.3 is 5.97 Å². The highest BCUT2D eigenvalue weighted by atomic mass is 16.4. The summed E-state index contributed by atoms with van der Waals surface area (Å²) in [6.07, 6.45) is 5.86. The first-order valence-electron chi connectivity index (χ1n) is 4.61. The second-order valence-electron chi connectivity index (χ2n) is 4.01. The molecule has 2 unspecified atom stereocenters. The van der Waals surface area contributed by atoms with Crippen molar-refractivity contribution in [3.8, 4) is 0 Å². The lowest BCUT2D eigenvalue weighted by Crippen LogP contribution is -2.22. The van der Waals surface area contributed by atoms with E-state index in [0.717, 1.165) is 12.8 Å². The van der Waals surface area contributed by atoms with E-state index >= 15 is 0 Å². The monoisotopic (exact) mass is 184 g/mol. The zero-order valence-electron chi connectivity index (χ0n) is 7.86. The van der Waals surface area contributed by atoms with Crippen LogP contribution in [0, 0.1) is 5.41 Å². The molecule has 2 atom stereocenters. The molecule has 0 bridgehead atoms. The van der Waals surface area contributed by atoms with E-state index in [1.807, 2.05) is 13.0 Å². The van der Waals surface area contributed by atoms with Crippen LogP contribution in [0.5, 0.6) is 0 Å². The van der Waals surface area contributed by atoms with Crippen molar-refractivity contribution in [1.29, 1.82) is 0 Å². The average Bonchev–Trinajstić information content (AvgIpc) is 2.08. The molecule has 0 fully saturated rings. The van der Waals surface area contributed by atoms with Gasteiger partial charge < -0.3 is 10.2 Å². The minimum atomic E-state index is -0.749. The molecule has 0 aromatic carbocycles. The summed E-state index contributed by atoms with van der Waals surface area (Å²) in [6, 6.07) is 0. The molecule has 1 aliphatic rings. The third-order valence-corrected chi connectivity index (χ3v) is 2.64. The number of aliphatic carboxylic acids is 1. The lowest BCUT2D eigenvalue weighted by atomic mass is 9.77. The molecule has 0 amide bonds. The Labute approximate surface area is 78.1 Å². The van der Waals surface area contributed by atoms with Gasteiger partial charge in [-0.3, -0.25) is 4.79 Å². The Balaban J connectivity index is 2.47. The summed E-state index contributed by atoms with van der Waals surface area (Å²) in [7, 11) is 0. The molecule has 0 saturated heterocycles. The van der Waals surface area contributed by atoms with Gasteiger partial charge in [-0.2, -0.15) is 0 Å². The lowest BCUT2D eigenvalue weighted by Gasteiger charge is -2.30. The summed E-state index contributed by atoms with van der Waals surface area (Å²) in [5.74, 6) is -0.749. The Kier molecular flexibility index (Phi) is 3.09. The number of carbonyl (C=O) groups is 1. The van der Waals surface area contributed by atoms with Gasteiger partial charge in [0.1, 0.15) is 0 Å². The van der Waals surface area contributed by atoms with Gasteiger partial charge in [-0.25, -0.2) is 0 Å².